The number of carbonyl (C=O) groups excluding carboxylic acids is 1. The summed E-state index contributed by atoms with van der Waals surface area (Å²) in [5, 5.41) is 12.0. The third-order valence-electron chi connectivity index (χ3n) is 4.44. The zero-order chi connectivity index (χ0) is 17.6. The van der Waals surface area contributed by atoms with Gasteiger partial charge in [-0.3, -0.25) is 4.90 Å². The van der Waals surface area contributed by atoms with Gasteiger partial charge in [0.15, 0.2) is 0 Å². The van der Waals surface area contributed by atoms with Gasteiger partial charge in [-0.25, -0.2) is 4.79 Å². The third-order valence-corrected chi connectivity index (χ3v) is 4.44. The molecule has 5 nitrogen and oxygen atoms in total. The van der Waals surface area contributed by atoms with Crippen molar-refractivity contribution in [3.63, 3.8) is 0 Å². The maximum absolute atomic E-state index is 12.4. The van der Waals surface area contributed by atoms with E-state index in [1.54, 1.807) is 23.1 Å². The van der Waals surface area contributed by atoms with Crippen LogP contribution >= 0.6 is 0 Å². The van der Waals surface area contributed by atoms with Crippen LogP contribution in [0.1, 0.15) is 16.7 Å². The predicted molar refractivity (Wildman–Crippen MR) is 98.2 cm³/mol. The van der Waals surface area contributed by atoms with Crippen LogP contribution in [0.3, 0.4) is 0 Å². The van der Waals surface area contributed by atoms with E-state index in [0.717, 1.165) is 19.6 Å². The van der Waals surface area contributed by atoms with Gasteiger partial charge in [0.2, 0.25) is 0 Å². The summed E-state index contributed by atoms with van der Waals surface area (Å²) in [4.78, 5) is 16.6. The summed E-state index contributed by atoms with van der Waals surface area (Å²) in [6.45, 7) is 6.08. The fraction of sp³-hybridized carbons (Fsp3) is 0.300. The number of hydrogen-bond donors (Lipinski definition) is 1. The predicted octanol–water partition coefficient (Wildman–Crippen LogP) is 3.22. The Labute approximate surface area is 148 Å². The lowest BCUT2D eigenvalue weighted by Crippen LogP contribution is -2.49. The van der Waals surface area contributed by atoms with Crippen LogP contribution in [-0.2, 0) is 6.54 Å². The third kappa shape index (κ3) is 4.37. The van der Waals surface area contributed by atoms with E-state index in [9.17, 15) is 4.79 Å². The Kier molecular flexibility index (Phi) is 5.32. The summed E-state index contributed by atoms with van der Waals surface area (Å²) in [6.07, 6.45) is 0. The molecule has 128 valence electrons. The van der Waals surface area contributed by atoms with Crippen molar-refractivity contribution in [2.45, 2.75) is 13.5 Å². The van der Waals surface area contributed by atoms with Gasteiger partial charge in [-0.2, -0.15) is 5.26 Å². The van der Waals surface area contributed by atoms with E-state index in [0.29, 0.717) is 24.3 Å². The second-order valence-electron chi connectivity index (χ2n) is 6.34. The normalized spacial score (nSPS) is 14.8. The Morgan fingerprint density at radius 2 is 1.88 bits per heavy atom. The standard InChI is InChI=1S/C20H22N4O/c1-16-5-4-6-17(13-16)15-23-9-11-24(12-10-23)20(25)22-19-8-3-2-7-18(19)14-21/h2-8,13H,9-12,15H2,1H3,(H,22,25). The number of nitriles is 1. The first kappa shape index (κ1) is 17.0. The van der Waals surface area contributed by atoms with E-state index >= 15 is 0 Å². The molecule has 0 spiro atoms. The van der Waals surface area contributed by atoms with Gasteiger partial charge in [-0.05, 0) is 24.6 Å². The zero-order valence-corrected chi connectivity index (χ0v) is 14.4. The number of nitrogens with one attached hydrogen (secondary N) is 1. The fourth-order valence-corrected chi connectivity index (χ4v) is 3.06. The van der Waals surface area contributed by atoms with E-state index in [4.69, 9.17) is 5.26 Å². The maximum Gasteiger partial charge on any atom is 0.321 e. The van der Waals surface area contributed by atoms with Crippen LogP contribution in [0.15, 0.2) is 48.5 Å². The lowest BCUT2D eigenvalue weighted by Gasteiger charge is -2.34. The molecule has 0 saturated carbocycles. The Balaban J connectivity index is 1.53. The van der Waals surface area contributed by atoms with Crippen molar-refractivity contribution in [1.29, 1.82) is 5.26 Å². The molecule has 1 aliphatic heterocycles. The molecule has 0 unspecified atom stereocenters. The van der Waals surface area contributed by atoms with Crippen LogP contribution in [0.25, 0.3) is 0 Å². The number of benzene rings is 2. The van der Waals surface area contributed by atoms with Gasteiger partial charge < -0.3 is 10.2 Å². The van der Waals surface area contributed by atoms with Crippen LogP contribution < -0.4 is 5.32 Å². The Morgan fingerprint density at radius 1 is 1.12 bits per heavy atom. The summed E-state index contributed by atoms with van der Waals surface area (Å²) in [5.41, 5.74) is 3.62. The topological polar surface area (TPSA) is 59.4 Å². The number of amides is 2. The minimum atomic E-state index is -0.141. The monoisotopic (exact) mass is 334 g/mol. The molecular weight excluding hydrogens is 312 g/mol. The molecular formula is C20H22N4O. The zero-order valence-electron chi connectivity index (χ0n) is 14.4. The van der Waals surface area contributed by atoms with Crippen molar-refractivity contribution >= 4 is 11.7 Å². The SMILES string of the molecule is Cc1cccc(CN2CCN(C(=O)Nc3ccccc3C#N)CC2)c1. The first-order valence-corrected chi connectivity index (χ1v) is 8.48. The molecule has 0 aromatic heterocycles. The quantitative estimate of drug-likeness (QED) is 0.937. The van der Waals surface area contributed by atoms with Crippen molar-refractivity contribution in [3.8, 4) is 6.07 Å². The highest BCUT2D eigenvalue weighted by molar-refractivity contribution is 5.90. The summed E-state index contributed by atoms with van der Waals surface area (Å²) in [6, 6.07) is 17.6. The van der Waals surface area contributed by atoms with Crippen LogP contribution in [0.2, 0.25) is 0 Å². The number of piperazine rings is 1. The van der Waals surface area contributed by atoms with Crippen molar-refractivity contribution in [1.82, 2.24) is 9.80 Å². The van der Waals surface area contributed by atoms with Crippen molar-refractivity contribution < 1.29 is 4.79 Å². The molecule has 1 fully saturated rings. The number of carbonyl (C=O) groups is 1. The van der Waals surface area contributed by atoms with Crippen LogP contribution in [0.5, 0.6) is 0 Å². The minimum Gasteiger partial charge on any atom is -0.322 e. The number of urea groups is 1. The molecule has 25 heavy (non-hydrogen) atoms. The molecule has 1 heterocycles. The Bertz CT molecular complexity index is 788. The molecule has 0 bridgehead atoms. The second-order valence-corrected chi connectivity index (χ2v) is 6.34. The van der Waals surface area contributed by atoms with E-state index in [1.807, 2.05) is 6.07 Å². The van der Waals surface area contributed by atoms with Crippen LogP contribution in [0.4, 0.5) is 10.5 Å². The second kappa shape index (κ2) is 7.82. The Morgan fingerprint density at radius 3 is 2.60 bits per heavy atom. The number of nitrogens with zero attached hydrogens (tertiary/aromatic N) is 3. The van der Waals surface area contributed by atoms with Crippen molar-refractivity contribution in [3.05, 3.63) is 65.2 Å². The number of para-hydroxylation sites is 1. The summed E-state index contributed by atoms with van der Waals surface area (Å²) < 4.78 is 0. The lowest BCUT2D eigenvalue weighted by atomic mass is 10.1. The Hall–Kier alpha value is -2.84. The number of hydrogen-bond acceptors (Lipinski definition) is 3. The van der Waals surface area contributed by atoms with E-state index < -0.39 is 0 Å². The molecule has 2 aromatic carbocycles. The van der Waals surface area contributed by atoms with Crippen molar-refractivity contribution in [2.75, 3.05) is 31.5 Å². The number of rotatable bonds is 3. The number of anilines is 1. The first-order valence-electron chi connectivity index (χ1n) is 8.48. The highest BCUT2D eigenvalue weighted by Crippen LogP contribution is 2.15. The molecule has 5 heteroatoms. The van der Waals surface area contributed by atoms with Gasteiger partial charge in [0.1, 0.15) is 6.07 Å². The van der Waals surface area contributed by atoms with Gasteiger partial charge in [0, 0.05) is 32.7 Å². The molecule has 1 N–H and O–H groups in total. The fourth-order valence-electron chi connectivity index (χ4n) is 3.06. The highest BCUT2D eigenvalue weighted by Gasteiger charge is 2.21. The van der Waals surface area contributed by atoms with Gasteiger partial charge in [0.05, 0.1) is 11.3 Å². The van der Waals surface area contributed by atoms with Gasteiger partial charge >= 0.3 is 6.03 Å². The summed E-state index contributed by atoms with van der Waals surface area (Å²) >= 11 is 0. The van der Waals surface area contributed by atoms with E-state index in [-0.39, 0.29) is 6.03 Å². The molecule has 0 atom stereocenters. The largest absolute Gasteiger partial charge is 0.322 e. The van der Waals surface area contributed by atoms with Gasteiger partial charge in [0.25, 0.3) is 0 Å². The average molecular weight is 334 g/mol. The van der Waals surface area contributed by atoms with E-state index in [1.165, 1.54) is 11.1 Å². The molecule has 2 amide bonds. The minimum absolute atomic E-state index is 0.141. The van der Waals surface area contributed by atoms with Crippen molar-refractivity contribution in [2.24, 2.45) is 0 Å². The smallest absolute Gasteiger partial charge is 0.321 e. The number of aryl methyl sites for hydroxylation is 1. The molecule has 2 aromatic rings. The molecule has 3 rings (SSSR count). The highest BCUT2D eigenvalue weighted by atomic mass is 16.2. The molecule has 1 aliphatic rings. The lowest BCUT2D eigenvalue weighted by molar-refractivity contribution is 0.143. The summed E-state index contributed by atoms with van der Waals surface area (Å²) in [5.74, 6) is 0. The molecule has 0 aliphatic carbocycles. The van der Waals surface area contributed by atoms with Crippen LogP contribution in [0, 0.1) is 18.3 Å². The van der Waals surface area contributed by atoms with Crippen LogP contribution in [-0.4, -0.2) is 42.0 Å². The average Bonchev–Trinajstić information content (AvgIpc) is 2.63. The first-order chi connectivity index (χ1) is 12.2. The maximum atomic E-state index is 12.4. The van der Waals surface area contributed by atoms with E-state index in [2.05, 4.69) is 47.5 Å². The summed E-state index contributed by atoms with van der Waals surface area (Å²) in [7, 11) is 0. The molecule has 1 saturated heterocycles. The van der Waals surface area contributed by atoms with Gasteiger partial charge in [-0.15, -0.1) is 0 Å². The molecule has 0 radical (unpaired) electrons. The van der Waals surface area contributed by atoms with Gasteiger partial charge in [-0.1, -0.05) is 42.0 Å².